The highest BCUT2D eigenvalue weighted by Gasteiger charge is 2.04. The molecule has 1 aromatic heterocycles. The second kappa shape index (κ2) is 5.48. The molecule has 0 aromatic carbocycles. The fourth-order valence-electron chi connectivity index (χ4n) is 1.16. The normalized spacial score (nSPS) is 12.5. The molecule has 0 spiro atoms. The van der Waals surface area contributed by atoms with Crippen molar-refractivity contribution in [2.45, 2.75) is 25.8 Å². The largest absolute Gasteiger partial charge is 0.366 e. The van der Waals surface area contributed by atoms with E-state index >= 15 is 0 Å². The molecule has 0 saturated carbocycles. The van der Waals surface area contributed by atoms with Crippen LogP contribution in [-0.4, -0.2) is 22.6 Å². The maximum atomic E-state index is 5.48. The molecule has 1 rings (SSSR count). The molecule has 72 valence electrons. The molecule has 1 aromatic rings. The molecule has 0 aliphatic heterocycles. The minimum atomic E-state index is 0.404. The van der Waals surface area contributed by atoms with Gasteiger partial charge in [0.25, 0.3) is 0 Å². The lowest BCUT2D eigenvalue weighted by Gasteiger charge is -2.15. The van der Waals surface area contributed by atoms with Gasteiger partial charge in [-0.3, -0.25) is 4.98 Å². The maximum Gasteiger partial charge on any atom is 0.144 e. The number of aromatic nitrogens is 2. The van der Waals surface area contributed by atoms with Gasteiger partial charge in [0.05, 0.1) is 6.20 Å². The summed E-state index contributed by atoms with van der Waals surface area (Å²) in [6.07, 6.45) is 7.08. The van der Waals surface area contributed by atoms with Crippen molar-refractivity contribution in [3.05, 3.63) is 18.6 Å². The van der Waals surface area contributed by atoms with Crippen LogP contribution in [0.15, 0.2) is 18.6 Å². The van der Waals surface area contributed by atoms with Crippen LogP contribution >= 0.6 is 0 Å². The van der Waals surface area contributed by atoms with E-state index < -0.39 is 0 Å². The van der Waals surface area contributed by atoms with Crippen LogP contribution in [0.25, 0.3) is 0 Å². The quantitative estimate of drug-likeness (QED) is 0.710. The van der Waals surface area contributed by atoms with Crippen LogP contribution < -0.4 is 11.1 Å². The summed E-state index contributed by atoms with van der Waals surface area (Å²) in [7, 11) is 0. The van der Waals surface area contributed by atoms with E-state index in [4.69, 9.17) is 5.73 Å². The number of nitrogens with two attached hydrogens (primary N) is 1. The Balaban J connectivity index is 2.46. The van der Waals surface area contributed by atoms with Crippen molar-refractivity contribution in [2.24, 2.45) is 5.73 Å². The Hall–Kier alpha value is -1.16. The molecular formula is C9H16N4. The van der Waals surface area contributed by atoms with Gasteiger partial charge in [0.15, 0.2) is 0 Å². The number of nitrogens with zero attached hydrogens (tertiary/aromatic N) is 2. The Morgan fingerprint density at radius 1 is 1.54 bits per heavy atom. The fraction of sp³-hybridized carbons (Fsp3) is 0.556. The maximum absolute atomic E-state index is 5.48. The summed E-state index contributed by atoms with van der Waals surface area (Å²) < 4.78 is 0. The average molecular weight is 180 g/mol. The lowest BCUT2D eigenvalue weighted by atomic mass is 10.1. The van der Waals surface area contributed by atoms with Gasteiger partial charge in [-0.2, -0.15) is 0 Å². The van der Waals surface area contributed by atoms with Gasteiger partial charge in [-0.25, -0.2) is 4.98 Å². The summed E-state index contributed by atoms with van der Waals surface area (Å²) in [5.74, 6) is 0.822. The van der Waals surface area contributed by atoms with E-state index in [-0.39, 0.29) is 0 Å². The monoisotopic (exact) mass is 180 g/mol. The molecule has 4 heteroatoms. The zero-order chi connectivity index (χ0) is 9.52. The molecule has 0 aliphatic rings. The predicted molar refractivity (Wildman–Crippen MR) is 53.4 cm³/mol. The Morgan fingerprint density at radius 2 is 2.38 bits per heavy atom. The number of hydrogen-bond donors (Lipinski definition) is 2. The molecule has 0 fully saturated rings. The summed E-state index contributed by atoms with van der Waals surface area (Å²) >= 11 is 0. The Labute approximate surface area is 78.6 Å². The minimum absolute atomic E-state index is 0.404. The highest BCUT2D eigenvalue weighted by atomic mass is 15.0. The van der Waals surface area contributed by atoms with Crippen LogP contribution in [0.1, 0.15) is 19.8 Å². The minimum Gasteiger partial charge on any atom is -0.366 e. The zero-order valence-corrected chi connectivity index (χ0v) is 7.90. The molecule has 0 amide bonds. The van der Waals surface area contributed by atoms with E-state index in [1.807, 2.05) is 0 Å². The molecule has 0 bridgehead atoms. The molecule has 4 nitrogen and oxygen atoms in total. The number of rotatable bonds is 5. The molecular weight excluding hydrogens is 164 g/mol. The fourth-order valence-corrected chi connectivity index (χ4v) is 1.16. The van der Waals surface area contributed by atoms with Gasteiger partial charge in [0.2, 0.25) is 0 Å². The second-order valence-corrected chi connectivity index (χ2v) is 2.92. The second-order valence-electron chi connectivity index (χ2n) is 2.92. The standard InChI is InChI=1S/C9H16N4/c1-2-8(3-4-10)13-9-7-11-5-6-12-9/h5-8H,2-4,10H2,1H3,(H,12,13). The Bertz CT molecular complexity index is 224. The smallest absolute Gasteiger partial charge is 0.144 e. The van der Waals surface area contributed by atoms with E-state index in [9.17, 15) is 0 Å². The first-order chi connectivity index (χ1) is 6.36. The zero-order valence-electron chi connectivity index (χ0n) is 7.90. The van der Waals surface area contributed by atoms with Crippen molar-refractivity contribution in [3.63, 3.8) is 0 Å². The Morgan fingerprint density at radius 3 is 2.92 bits per heavy atom. The van der Waals surface area contributed by atoms with E-state index in [0.717, 1.165) is 18.7 Å². The third-order valence-electron chi connectivity index (χ3n) is 1.92. The van der Waals surface area contributed by atoms with Crippen LogP contribution in [0.2, 0.25) is 0 Å². The lowest BCUT2D eigenvalue weighted by Crippen LogP contribution is -2.22. The molecule has 1 heterocycles. The van der Waals surface area contributed by atoms with Gasteiger partial charge in [-0.15, -0.1) is 0 Å². The highest BCUT2D eigenvalue weighted by molar-refractivity contribution is 5.31. The van der Waals surface area contributed by atoms with Crippen molar-refractivity contribution in [3.8, 4) is 0 Å². The summed E-state index contributed by atoms with van der Waals surface area (Å²) in [6, 6.07) is 0.404. The van der Waals surface area contributed by atoms with Crippen molar-refractivity contribution in [1.82, 2.24) is 9.97 Å². The number of hydrogen-bond acceptors (Lipinski definition) is 4. The van der Waals surface area contributed by atoms with Crippen LogP contribution in [0, 0.1) is 0 Å². The number of nitrogens with one attached hydrogen (secondary N) is 1. The van der Waals surface area contributed by atoms with Crippen molar-refractivity contribution in [1.29, 1.82) is 0 Å². The van der Waals surface area contributed by atoms with Gasteiger partial charge in [0, 0.05) is 18.4 Å². The lowest BCUT2D eigenvalue weighted by molar-refractivity contribution is 0.639. The molecule has 3 N–H and O–H groups in total. The van der Waals surface area contributed by atoms with Gasteiger partial charge in [-0.05, 0) is 19.4 Å². The molecule has 13 heavy (non-hydrogen) atoms. The molecule has 1 unspecified atom stereocenters. The molecule has 0 aliphatic carbocycles. The Kier molecular flexibility index (Phi) is 4.18. The first-order valence-electron chi connectivity index (χ1n) is 4.59. The predicted octanol–water partition coefficient (Wildman–Crippen LogP) is 1.02. The molecule has 0 radical (unpaired) electrons. The number of anilines is 1. The van der Waals surface area contributed by atoms with Gasteiger partial charge >= 0.3 is 0 Å². The summed E-state index contributed by atoms with van der Waals surface area (Å²) in [5.41, 5.74) is 5.48. The van der Waals surface area contributed by atoms with Crippen LogP contribution in [-0.2, 0) is 0 Å². The van der Waals surface area contributed by atoms with Gasteiger partial charge in [0.1, 0.15) is 5.82 Å². The SMILES string of the molecule is CCC(CCN)Nc1cnccn1. The summed E-state index contributed by atoms with van der Waals surface area (Å²) in [5, 5.41) is 3.28. The van der Waals surface area contributed by atoms with Crippen LogP contribution in [0.4, 0.5) is 5.82 Å². The van der Waals surface area contributed by atoms with E-state index in [1.165, 1.54) is 0 Å². The van der Waals surface area contributed by atoms with Crippen molar-refractivity contribution < 1.29 is 0 Å². The average Bonchev–Trinajstić information content (AvgIpc) is 2.19. The van der Waals surface area contributed by atoms with Crippen molar-refractivity contribution >= 4 is 5.82 Å². The van der Waals surface area contributed by atoms with Gasteiger partial charge in [-0.1, -0.05) is 6.92 Å². The third kappa shape index (κ3) is 3.38. The first kappa shape index (κ1) is 9.92. The third-order valence-corrected chi connectivity index (χ3v) is 1.92. The molecule has 1 atom stereocenters. The van der Waals surface area contributed by atoms with E-state index in [1.54, 1.807) is 18.6 Å². The highest BCUT2D eigenvalue weighted by Crippen LogP contribution is 2.05. The summed E-state index contributed by atoms with van der Waals surface area (Å²) in [6.45, 7) is 2.83. The van der Waals surface area contributed by atoms with Gasteiger partial charge < -0.3 is 11.1 Å². The van der Waals surface area contributed by atoms with E-state index in [0.29, 0.717) is 12.6 Å². The van der Waals surface area contributed by atoms with E-state index in [2.05, 4.69) is 22.2 Å². The molecule has 0 saturated heterocycles. The summed E-state index contributed by atoms with van der Waals surface area (Å²) in [4.78, 5) is 8.11. The first-order valence-corrected chi connectivity index (χ1v) is 4.59. The van der Waals surface area contributed by atoms with Crippen LogP contribution in [0.5, 0.6) is 0 Å². The topological polar surface area (TPSA) is 63.8 Å². The van der Waals surface area contributed by atoms with Crippen LogP contribution in [0.3, 0.4) is 0 Å². The van der Waals surface area contributed by atoms with Crippen molar-refractivity contribution in [2.75, 3.05) is 11.9 Å².